The van der Waals surface area contributed by atoms with E-state index in [0.717, 1.165) is 0 Å². The molecule has 138 valence electrons. The monoisotopic (exact) mass is 369 g/mol. The van der Waals surface area contributed by atoms with Crippen LogP contribution in [0.1, 0.15) is 23.2 Å². The van der Waals surface area contributed by atoms with Crippen LogP contribution in [0.5, 0.6) is 0 Å². The summed E-state index contributed by atoms with van der Waals surface area (Å²) in [7, 11) is -0.436. The summed E-state index contributed by atoms with van der Waals surface area (Å²) in [5.41, 5.74) is 0.225. The molecule has 9 heteroatoms. The van der Waals surface area contributed by atoms with Crippen molar-refractivity contribution in [2.24, 2.45) is 0 Å². The molecule has 1 aliphatic rings. The molecule has 2 rings (SSSR count). The minimum atomic E-state index is -3.72. The molecule has 0 spiro atoms. The highest BCUT2D eigenvalue weighted by atomic mass is 32.2. The quantitative estimate of drug-likeness (QED) is 0.702. The van der Waals surface area contributed by atoms with Crippen LogP contribution < -0.4 is 10.0 Å². The van der Waals surface area contributed by atoms with Crippen LogP contribution in [0.4, 0.5) is 0 Å². The molecule has 0 radical (unpaired) electrons. The molecule has 0 bridgehead atoms. The molecule has 1 aromatic carbocycles. The first kappa shape index (κ1) is 19.4. The number of hydrogen-bond acceptors (Lipinski definition) is 5. The molecular weight excluding hydrogens is 346 g/mol. The molecule has 25 heavy (non-hydrogen) atoms. The molecule has 1 aliphatic heterocycles. The summed E-state index contributed by atoms with van der Waals surface area (Å²) in [4.78, 5) is 25.1. The normalized spacial score (nSPS) is 17.3. The number of benzene rings is 1. The molecule has 2 N–H and O–H groups in total. The highest BCUT2D eigenvalue weighted by Gasteiger charge is 2.24. The van der Waals surface area contributed by atoms with Gasteiger partial charge in [0.1, 0.15) is 0 Å². The van der Waals surface area contributed by atoms with Crippen molar-refractivity contribution >= 4 is 21.8 Å². The summed E-state index contributed by atoms with van der Waals surface area (Å²) in [5, 5.41) is 2.61. The van der Waals surface area contributed by atoms with E-state index in [1.807, 2.05) is 0 Å². The standard InChI is InChI=1S/C16H23N3O5S/c1-19(2)15(20)6-8-17-16(21)12-4-3-5-14(10-12)25(22,23)18-13-7-9-24-11-13/h3-5,10,13,18H,6-9,11H2,1-2H3,(H,17,21)/t13-/m1/s1. The highest BCUT2D eigenvalue weighted by Crippen LogP contribution is 2.14. The van der Waals surface area contributed by atoms with Crippen LogP contribution in [0, 0.1) is 0 Å². The number of carbonyl (C=O) groups is 2. The molecule has 8 nitrogen and oxygen atoms in total. The van der Waals surface area contributed by atoms with E-state index < -0.39 is 15.9 Å². The van der Waals surface area contributed by atoms with Crippen molar-refractivity contribution in [3.8, 4) is 0 Å². The van der Waals surface area contributed by atoms with E-state index in [-0.39, 0.29) is 35.4 Å². The Balaban J connectivity index is 1.99. The molecule has 1 fully saturated rings. The molecule has 0 aliphatic carbocycles. The van der Waals surface area contributed by atoms with Crippen LogP contribution in [0.15, 0.2) is 29.2 Å². The van der Waals surface area contributed by atoms with E-state index in [9.17, 15) is 18.0 Å². The van der Waals surface area contributed by atoms with Crippen molar-refractivity contribution in [2.75, 3.05) is 33.9 Å². The molecule has 1 aromatic rings. The Bertz CT molecular complexity index is 727. The Morgan fingerprint density at radius 1 is 1.32 bits per heavy atom. The summed E-state index contributed by atoms with van der Waals surface area (Å²) in [6.45, 7) is 1.06. The van der Waals surface area contributed by atoms with Crippen LogP contribution in [-0.2, 0) is 19.6 Å². The zero-order chi connectivity index (χ0) is 18.4. The van der Waals surface area contributed by atoms with Gasteiger partial charge in [0.15, 0.2) is 0 Å². The average Bonchev–Trinajstić information content (AvgIpc) is 3.06. The number of nitrogens with one attached hydrogen (secondary N) is 2. The maximum absolute atomic E-state index is 12.4. The predicted octanol–water partition coefficient (Wildman–Crippen LogP) is -0.0381. The van der Waals surface area contributed by atoms with Crippen LogP contribution >= 0.6 is 0 Å². The SMILES string of the molecule is CN(C)C(=O)CCNC(=O)c1cccc(S(=O)(=O)N[C@@H]2CCOC2)c1. The molecule has 0 unspecified atom stereocenters. The van der Waals surface area contributed by atoms with E-state index in [0.29, 0.717) is 19.6 Å². The van der Waals surface area contributed by atoms with Gasteiger partial charge in [-0.25, -0.2) is 13.1 Å². The third-order valence-electron chi connectivity index (χ3n) is 3.78. The van der Waals surface area contributed by atoms with Gasteiger partial charge in [0.05, 0.1) is 11.5 Å². The fraction of sp³-hybridized carbons (Fsp3) is 0.500. The number of ether oxygens (including phenoxy) is 1. The molecule has 1 atom stereocenters. The summed E-state index contributed by atoms with van der Waals surface area (Å²) in [6, 6.07) is 5.55. The number of hydrogen-bond donors (Lipinski definition) is 2. The van der Waals surface area contributed by atoms with Gasteiger partial charge in [0.2, 0.25) is 15.9 Å². The predicted molar refractivity (Wildman–Crippen MR) is 91.6 cm³/mol. The molecule has 1 heterocycles. The minimum Gasteiger partial charge on any atom is -0.380 e. The van der Waals surface area contributed by atoms with Crippen LogP contribution in [0.2, 0.25) is 0 Å². The first-order valence-electron chi connectivity index (χ1n) is 7.98. The average molecular weight is 369 g/mol. The third kappa shape index (κ3) is 5.52. The summed E-state index contributed by atoms with van der Waals surface area (Å²) < 4.78 is 32.5. The fourth-order valence-corrected chi connectivity index (χ4v) is 3.63. The van der Waals surface area contributed by atoms with Crippen molar-refractivity contribution < 1.29 is 22.7 Å². The van der Waals surface area contributed by atoms with E-state index >= 15 is 0 Å². The van der Waals surface area contributed by atoms with Gasteiger partial charge >= 0.3 is 0 Å². The van der Waals surface area contributed by atoms with Crippen LogP contribution in [0.3, 0.4) is 0 Å². The summed E-state index contributed by atoms with van der Waals surface area (Å²) in [6.07, 6.45) is 0.805. The molecule has 2 amide bonds. The van der Waals surface area contributed by atoms with Crippen molar-refractivity contribution in [3.63, 3.8) is 0 Å². The maximum atomic E-state index is 12.4. The Kier molecular flexibility index (Phi) is 6.51. The smallest absolute Gasteiger partial charge is 0.251 e. The summed E-state index contributed by atoms with van der Waals surface area (Å²) in [5.74, 6) is -0.521. The van der Waals surface area contributed by atoms with Gasteiger partial charge in [0.25, 0.3) is 5.91 Å². The third-order valence-corrected chi connectivity index (χ3v) is 5.30. The van der Waals surface area contributed by atoms with E-state index in [4.69, 9.17) is 4.74 Å². The van der Waals surface area contributed by atoms with E-state index in [1.54, 1.807) is 14.1 Å². The minimum absolute atomic E-state index is 0.0245. The second-order valence-corrected chi connectivity index (χ2v) is 7.72. The Morgan fingerprint density at radius 3 is 2.72 bits per heavy atom. The van der Waals surface area contributed by atoms with Gasteiger partial charge in [-0.05, 0) is 24.6 Å². The van der Waals surface area contributed by atoms with Crippen molar-refractivity contribution in [2.45, 2.75) is 23.8 Å². The van der Waals surface area contributed by atoms with Gasteiger partial charge in [0, 0.05) is 45.3 Å². The lowest BCUT2D eigenvalue weighted by Crippen LogP contribution is -2.35. The Labute approximate surface area is 147 Å². The Hall–Kier alpha value is -1.97. The van der Waals surface area contributed by atoms with Crippen LogP contribution in [0.25, 0.3) is 0 Å². The number of nitrogens with zero attached hydrogens (tertiary/aromatic N) is 1. The van der Waals surface area contributed by atoms with Gasteiger partial charge in [-0.2, -0.15) is 0 Å². The number of sulfonamides is 1. The lowest BCUT2D eigenvalue weighted by molar-refractivity contribution is -0.128. The Morgan fingerprint density at radius 2 is 2.08 bits per heavy atom. The fourth-order valence-electron chi connectivity index (χ4n) is 2.33. The zero-order valence-electron chi connectivity index (χ0n) is 14.3. The van der Waals surface area contributed by atoms with Gasteiger partial charge in [-0.3, -0.25) is 9.59 Å². The van der Waals surface area contributed by atoms with E-state index in [2.05, 4.69) is 10.0 Å². The maximum Gasteiger partial charge on any atom is 0.251 e. The van der Waals surface area contributed by atoms with Gasteiger partial charge in [-0.15, -0.1) is 0 Å². The lowest BCUT2D eigenvalue weighted by atomic mass is 10.2. The molecular formula is C16H23N3O5S. The first-order chi connectivity index (χ1) is 11.8. The lowest BCUT2D eigenvalue weighted by Gasteiger charge is -2.13. The van der Waals surface area contributed by atoms with E-state index in [1.165, 1.54) is 29.2 Å². The second-order valence-electron chi connectivity index (χ2n) is 6.00. The number of amides is 2. The number of rotatable bonds is 7. The second kappa shape index (κ2) is 8.41. The van der Waals surface area contributed by atoms with Crippen LogP contribution in [-0.4, -0.2) is 65.0 Å². The highest BCUT2D eigenvalue weighted by molar-refractivity contribution is 7.89. The topological polar surface area (TPSA) is 105 Å². The van der Waals surface area contributed by atoms with Gasteiger partial charge in [-0.1, -0.05) is 6.07 Å². The van der Waals surface area contributed by atoms with Crippen molar-refractivity contribution in [1.82, 2.24) is 14.9 Å². The number of carbonyl (C=O) groups excluding carboxylic acids is 2. The van der Waals surface area contributed by atoms with Gasteiger partial charge < -0.3 is 15.0 Å². The summed E-state index contributed by atoms with van der Waals surface area (Å²) >= 11 is 0. The largest absolute Gasteiger partial charge is 0.380 e. The molecule has 1 saturated heterocycles. The molecule has 0 aromatic heterocycles. The van der Waals surface area contributed by atoms with Crippen molar-refractivity contribution in [3.05, 3.63) is 29.8 Å². The molecule has 0 saturated carbocycles. The first-order valence-corrected chi connectivity index (χ1v) is 9.46. The zero-order valence-corrected chi connectivity index (χ0v) is 15.1. The van der Waals surface area contributed by atoms with Crippen molar-refractivity contribution in [1.29, 1.82) is 0 Å².